The summed E-state index contributed by atoms with van der Waals surface area (Å²) in [5.41, 5.74) is 0.510. The van der Waals surface area contributed by atoms with Crippen LogP contribution in [0.4, 0.5) is 4.39 Å². The largest absolute Gasteiger partial charge is 0.389 e. The monoisotopic (exact) mass is 297 g/mol. The van der Waals surface area contributed by atoms with E-state index < -0.39 is 6.10 Å². The fourth-order valence-corrected chi connectivity index (χ4v) is 2.47. The van der Waals surface area contributed by atoms with E-state index in [4.69, 9.17) is 9.47 Å². The maximum Gasteiger partial charge on any atom is 0.128 e. The Balaban J connectivity index is 1.61. The number of aliphatic hydroxyl groups excluding tert-OH is 1. The van der Waals surface area contributed by atoms with Gasteiger partial charge in [-0.3, -0.25) is 0 Å². The number of rotatable bonds is 7. The quantitative estimate of drug-likeness (QED) is 0.806. The van der Waals surface area contributed by atoms with Gasteiger partial charge in [0.1, 0.15) is 5.82 Å². The van der Waals surface area contributed by atoms with Crippen LogP contribution in [0.3, 0.4) is 0 Å². The first kappa shape index (κ1) is 16.4. The van der Waals surface area contributed by atoms with E-state index in [-0.39, 0.29) is 25.1 Å². The van der Waals surface area contributed by atoms with E-state index in [9.17, 15) is 9.50 Å². The molecule has 2 N–H and O–H groups in total. The predicted octanol–water partition coefficient (Wildman–Crippen LogP) is 1.86. The topological polar surface area (TPSA) is 50.7 Å². The van der Waals surface area contributed by atoms with Crippen LogP contribution in [0.5, 0.6) is 0 Å². The van der Waals surface area contributed by atoms with E-state index in [1.165, 1.54) is 6.07 Å². The van der Waals surface area contributed by atoms with Crippen molar-refractivity contribution in [3.63, 3.8) is 0 Å². The molecule has 1 aliphatic heterocycles. The third-order valence-corrected chi connectivity index (χ3v) is 3.65. The molecule has 1 aliphatic rings. The molecule has 1 aromatic carbocycles. The standard InChI is InChI=1S/C16H24FNO3/c1-12-8-14(6-7-21-12)18-9-15(19)11-20-10-13-4-2-3-5-16(13)17/h2-5,12,14-15,18-19H,6-11H2,1H3. The first-order valence-electron chi connectivity index (χ1n) is 7.49. The van der Waals surface area contributed by atoms with Gasteiger partial charge >= 0.3 is 0 Å². The highest BCUT2D eigenvalue weighted by molar-refractivity contribution is 5.16. The summed E-state index contributed by atoms with van der Waals surface area (Å²) in [5.74, 6) is -0.277. The molecule has 0 amide bonds. The lowest BCUT2D eigenvalue weighted by atomic mass is 10.0. The Kier molecular flexibility index (Phi) is 6.57. The number of nitrogens with one attached hydrogen (secondary N) is 1. The molecule has 3 unspecified atom stereocenters. The second-order valence-electron chi connectivity index (χ2n) is 5.57. The van der Waals surface area contributed by atoms with Gasteiger partial charge in [0, 0.05) is 24.8 Å². The maximum atomic E-state index is 13.4. The van der Waals surface area contributed by atoms with Gasteiger partial charge in [0.2, 0.25) is 0 Å². The lowest BCUT2D eigenvalue weighted by Gasteiger charge is -2.28. The van der Waals surface area contributed by atoms with Crippen LogP contribution in [0.1, 0.15) is 25.3 Å². The summed E-state index contributed by atoms with van der Waals surface area (Å²) in [6.45, 7) is 3.67. The van der Waals surface area contributed by atoms with Gasteiger partial charge in [0.15, 0.2) is 0 Å². The highest BCUT2D eigenvalue weighted by Gasteiger charge is 2.19. The van der Waals surface area contributed by atoms with Crippen molar-refractivity contribution in [2.45, 2.75) is 44.6 Å². The smallest absolute Gasteiger partial charge is 0.128 e. The van der Waals surface area contributed by atoms with Crippen molar-refractivity contribution >= 4 is 0 Å². The second kappa shape index (κ2) is 8.44. The second-order valence-corrected chi connectivity index (χ2v) is 5.57. The van der Waals surface area contributed by atoms with Gasteiger partial charge in [-0.1, -0.05) is 18.2 Å². The van der Waals surface area contributed by atoms with Crippen LogP contribution >= 0.6 is 0 Å². The third kappa shape index (κ3) is 5.71. The summed E-state index contributed by atoms with van der Waals surface area (Å²) in [4.78, 5) is 0. The highest BCUT2D eigenvalue weighted by Crippen LogP contribution is 2.13. The molecule has 1 fully saturated rings. The molecule has 2 rings (SSSR count). The number of aliphatic hydroxyl groups is 1. The molecule has 0 bridgehead atoms. The molecule has 0 aromatic heterocycles. The van der Waals surface area contributed by atoms with Crippen LogP contribution in [0.25, 0.3) is 0 Å². The lowest BCUT2D eigenvalue weighted by molar-refractivity contribution is 0.00266. The molecule has 0 saturated carbocycles. The molecular weight excluding hydrogens is 273 g/mol. The minimum absolute atomic E-state index is 0.179. The minimum atomic E-state index is -0.588. The van der Waals surface area contributed by atoms with E-state index in [1.807, 2.05) is 0 Å². The normalized spacial score (nSPS) is 24.0. The molecule has 5 heteroatoms. The molecule has 118 valence electrons. The Morgan fingerprint density at radius 3 is 3.05 bits per heavy atom. The molecule has 1 saturated heterocycles. The average Bonchev–Trinajstić information content (AvgIpc) is 2.47. The maximum absolute atomic E-state index is 13.4. The van der Waals surface area contributed by atoms with Crippen LogP contribution in [-0.4, -0.2) is 43.1 Å². The molecular formula is C16H24FNO3. The van der Waals surface area contributed by atoms with Gasteiger partial charge in [-0.2, -0.15) is 0 Å². The van der Waals surface area contributed by atoms with Crippen LogP contribution in [-0.2, 0) is 16.1 Å². The predicted molar refractivity (Wildman–Crippen MR) is 78.5 cm³/mol. The number of hydrogen-bond acceptors (Lipinski definition) is 4. The minimum Gasteiger partial charge on any atom is -0.389 e. The third-order valence-electron chi connectivity index (χ3n) is 3.65. The summed E-state index contributed by atoms with van der Waals surface area (Å²) in [6, 6.07) is 6.89. The van der Waals surface area contributed by atoms with Gasteiger partial charge in [-0.05, 0) is 25.8 Å². The Morgan fingerprint density at radius 2 is 2.29 bits per heavy atom. The molecule has 3 atom stereocenters. The van der Waals surface area contributed by atoms with Gasteiger partial charge in [0.05, 0.1) is 25.4 Å². The molecule has 4 nitrogen and oxygen atoms in total. The van der Waals surface area contributed by atoms with Crippen LogP contribution in [0, 0.1) is 5.82 Å². The van der Waals surface area contributed by atoms with E-state index in [0.717, 1.165) is 19.4 Å². The summed E-state index contributed by atoms with van der Waals surface area (Å²) in [7, 11) is 0. The fraction of sp³-hybridized carbons (Fsp3) is 0.625. The van der Waals surface area contributed by atoms with Crippen molar-refractivity contribution in [3.8, 4) is 0 Å². The Bertz CT molecular complexity index is 430. The zero-order valence-electron chi connectivity index (χ0n) is 12.4. The fourth-order valence-electron chi connectivity index (χ4n) is 2.47. The molecule has 21 heavy (non-hydrogen) atoms. The van der Waals surface area contributed by atoms with Gasteiger partial charge in [-0.25, -0.2) is 4.39 Å². The van der Waals surface area contributed by atoms with Crippen molar-refractivity contribution in [1.82, 2.24) is 5.32 Å². The summed E-state index contributed by atoms with van der Waals surface area (Å²) >= 11 is 0. The van der Waals surface area contributed by atoms with E-state index in [1.54, 1.807) is 18.2 Å². The van der Waals surface area contributed by atoms with Crippen molar-refractivity contribution in [3.05, 3.63) is 35.6 Å². The van der Waals surface area contributed by atoms with Gasteiger partial charge in [-0.15, -0.1) is 0 Å². The van der Waals surface area contributed by atoms with Crippen LogP contribution in [0.2, 0.25) is 0 Å². The Labute approximate surface area is 125 Å². The van der Waals surface area contributed by atoms with E-state index in [2.05, 4.69) is 12.2 Å². The summed E-state index contributed by atoms with van der Waals surface area (Å²) in [6.07, 6.45) is 1.61. The molecule has 1 heterocycles. The first-order valence-corrected chi connectivity index (χ1v) is 7.49. The molecule has 0 radical (unpaired) electrons. The zero-order valence-corrected chi connectivity index (χ0v) is 12.4. The number of benzene rings is 1. The summed E-state index contributed by atoms with van der Waals surface area (Å²) in [5, 5.41) is 13.2. The molecule has 1 aromatic rings. The Morgan fingerprint density at radius 1 is 1.48 bits per heavy atom. The zero-order chi connectivity index (χ0) is 15.1. The van der Waals surface area contributed by atoms with Gasteiger partial charge in [0.25, 0.3) is 0 Å². The van der Waals surface area contributed by atoms with Crippen molar-refractivity contribution < 1.29 is 19.0 Å². The summed E-state index contributed by atoms with van der Waals surface area (Å²) < 4.78 is 24.2. The van der Waals surface area contributed by atoms with E-state index >= 15 is 0 Å². The van der Waals surface area contributed by atoms with Crippen molar-refractivity contribution in [2.75, 3.05) is 19.8 Å². The van der Waals surface area contributed by atoms with Crippen LogP contribution in [0.15, 0.2) is 24.3 Å². The number of hydrogen-bond donors (Lipinski definition) is 2. The van der Waals surface area contributed by atoms with Gasteiger partial charge < -0.3 is 19.9 Å². The molecule has 0 aliphatic carbocycles. The SMILES string of the molecule is CC1CC(NCC(O)COCc2ccccc2F)CCO1. The number of halogens is 1. The highest BCUT2D eigenvalue weighted by atomic mass is 19.1. The average molecular weight is 297 g/mol. The van der Waals surface area contributed by atoms with Crippen LogP contribution < -0.4 is 5.32 Å². The Hall–Kier alpha value is -1.01. The van der Waals surface area contributed by atoms with E-state index in [0.29, 0.717) is 18.2 Å². The number of ether oxygens (including phenoxy) is 2. The lowest BCUT2D eigenvalue weighted by Crippen LogP contribution is -2.42. The van der Waals surface area contributed by atoms with Crippen molar-refractivity contribution in [2.24, 2.45) is 0 Å². The first-order chi connectivity index (χ1) is 10.1. The van der Waals surface area contributed by atoms with Crippen molar-refractivity contribution in [1.29, 1.82) is 0 Å². The molecule has 0 spiro atoms.